The first-order valence-electron chi connectivity index (χ1n) is 8.09. The van der Waals surface area contributed by atoms with Crippen molar-refractivity contribution < 1.29 is 18.7 Å². The number of carbonyl (C=O) groups excluding carboxylic acids is 1. The van der Waals surface area contributed by atoms with E-state index in [-0.39, 0.29) is 12.4 Å². The van der Waals surface area contributed by atoms with Crippen LogP contribution in [0.4, 0.5) is 0 Å². The maximum Gasteiger partial charge on any atom is 0.374 e. The van der Waals surface area contributed by atoms with Crippen LogP contribution in [0.3, 0.4) is 0 Å². The molecule has 2 aromatic heterocycles. The molecule has 0 saturated heterocycles. The van der Waals surface area contributed by atoms with Crippen molar-refractivity contribution in [2.75, 3.05) is 13.7 Å². The fourth-order valence-electron chi connectivity index (χ4n) is 2.77. The number of benzene rings is 1. The average molecular weight is 394 g/mol. The molecule has 26 heavy (non-hydrogen) atoms. The molecule has 0 aliphatic heterocycles. The number of aryl methyl sites for hydroxylation is 1. The van der Waals surface area contributed by atoms with Crippen molar-refractivity contribution in [2.24, 2.45) is 0 Å². The molecule has 0 unspecified atom stereocenters. The van der Waals surface area contributed by atoms with E-state index in [4.69, 9.17) is 37.1 Å². The number of aromatic nitrogens is 1. The van der Waals surface area contributed by atoms with Crippen molar-refractivity contribution in [1.29, 1.82) is 0 Å². The Hall–Kier alpha value is -2.24. The average Bonchev–Trinajstić information content (AvgIpc) is 3.07. The second-order valence-electron chi connectivity index (χ2n) is 5.58. The fourth-order valence-corrected chi connectivity index (χ4v) is 3.33. The molecule has 1 aromatic carbocycles. The van der Waals surface area contributed by atoms with Gasteiger partial charge < -0.3 is 13.9 Å². The van der Waals surface area contributed by atoms with Crippen LogP contribution in [0.25, 0.3) is 11.0 Å². The number of fused-ring (bicyclic) bond motifs is 1. The lowest BCUT2D eigenvalue weighted by Gasteiger charge is -2.08. The molecule has 0 radical (unpaired) electrons. The summed E-state index contributed by atoms with van der Waals surface area (Å²) >= 11 is 12.4. The highest BCUT2D eigenvalue weighted by molar-refractivity contribution is 6.35. The molecule has 7 heteroatoms. The van der Waals surface area contributed by atoms with Crippen LogP contribution >= 0.6 is 23.2 Å². The zero-order chi connectivity index (χ0) is 18.7. The quantitative estimate of drug-likeness (QED) is 0.544. The first-order valence-corrected chi connectivity index (χ1v) is 8.85. The maximum atomic E-state index is 12.0. The molecule has 0 spiro atoms. The Bertz CT molecular complexity index is 932. The molecule has 5 nitrogen and oxygen atoms in total. The van der Waals surface area contributed by atoms with Gasteiger partial charge in [0.15, 0.2) is 11.3 Å². The third-order valence-electron chi connectivity index (χ3n) is 4.03. The molecule has 0 bridgehead atoms. The normalized spacial score (nSPS) is 10.9. The number of ether oxygens (including phenoxy) is 2. The van der Waals surface area contributed by atoms with Gasteiger partial charge in [0.1, 0.15) is 0 Å². The van der Waals surface area contributed by atoms with E-state index in [1.807, 2.05) is 12.1 Å². The largest absolute Gasteiger partial charge is 0.493 e. The summed E-state index contributed by atoms with van der Waals surface area (Å²) in [6.45, 7) is 2.02. The predicted octanol–water partition coefficient (Wildman–Crippen LogP) is 5.11. The van der Waals surface area contributed by atoms with E-state index in [2.05, 4.69) is 4.98 Å². The number of furan rings is 1. The van der Waals surface area contributed by atoms with Crippen LogP contribution in [0.5, 0.6) is 5.75 Å². The van der Waals surface area contributed by atoms with E-state index in [1.54, 1.807) is 32.5 Å². The fraction of sp³-hybridized carbons (Fsp3) is 0.263. The van der Waals surface area contributed by atoms with E-state index in [0.717, 1.165) is 16.5 Å². The second kappa shape index (κ2) is 7.98. The third-order valence-corrected chi connectivity index (χ3v) is 4.68. The van der Waals surface area contributed by atoms with Gasteiger partial charge in [-0.25, -0.2) is 4.79 Å². The van der Waals surface area contributed by atoms with Gasteiger partial charge in [0.25, 0.3) is 0 Å². The SMILES string of the molecule is CCOC(=O)c1cc2c(CCc3c(Cl)cncc3Cl)ccc(OC)c2o1. The molecule has 0 saturated carbocycles. The van der Waals surface area contributed by atoms with Crippen LogP contribution in [-0.4, -0.2) is 24.7 Å². The molecule has 0 N–H and O–H groups in total. The number of nitrogens with zero attached hydrogens (tertiary/aromatic N) is 1. The molecule has 0 aliphatic rings. The minimum Gasteiger partial charge on any atom is -0.493 e. The first-order chi connectivity index (χ1) is 12.5. The maximum absolute atomic E-state index is 12.0. The number of hydrogen-bond donors (Lipinski definition) is 0. The van der Waals surface area contributed by atoms with Gasteiger partial charge in [0.2, 0.25) is 5.76 Å². The number of esters is 1. The molecule has 0 atom stereocenters. The highest BCUT2D eigenvalue weighted by Gasteiger charge is 2.18. The van der Waals surface area contributed by atoms with Gasteiger partial charge in [-0.05, 0) is 43.0 Å². The summed E-state index contributed by atoms with van der Waals surface area (Å²) in [5.41, 5.74) is 2.34. The van der Waals surface area contributed by atoms with Crippen LogP contribution in [-0.2, 0) is 17.6 Å². The van der Waals surface area contributed by atoms with Gasteiger partial charge in [-0.2, -0.15) is 0 Å². The number of rotatable bonds is 6. The summed E-state index contributed by atoms with van der Waals surface area (Å²) in [6.07, 6.45) is 4.43. The lowest BCUT2D eigenvalue weighted by Crippen LogP contribution is -2.02. The van der Waals surface area contributed by atoms with Gasteiger partial charge in [-0.1, -0.05) is 29.3 Å². The molecule has 0 fully saturated rings. The molecule has 0 aliphatic carbocycles. The highest BCUT2D eigenvalue weighted by Crippen LogP contribution is 2.33. The van der Waals surface area contributed by atoms with Crippen molar-refractivity contribution in [1.82, 2.24) is 4.98 Å². The Morgan fingerprint density at radius 2 is 1.92 bits per heavy atom. The van der Waals surface area contributed by atoms with E-state index in [0.29, 0.717) is 34.2 Å². The summed E-state index contributed by atoms with van der Waals surface area (Å²) < 4.78 is 16.0. The first kappa shape index (κ1) is 18.5. The standard InChI is InChI=1S/C19H17Cl2NO4/c1-3-25-19(23)17-8-13-11(5-7-16(24-2)18(13)26-17)4-6-12-14(20)9-22-10-15(12)21/h5,7-10H,3-4,6H2,1-2H3. The van der Waals surface area contributed by atoms with Gasteiger partial charge in [-0.3, -0.25) is 4.98 Å². The summed E-state index contributed by atoms with van der Waals surface area (Å²) in [5, 5.41) is 1.86. The van der Waals surface area contributed by atoms with Crippen molar-refractivity contribution in [3.63, 3.8) is 0 Å². The Morgan fingerprint density at radius 3 is 2.58 bits per heavy atom. The molecule has 3 aromatic rings. The minimum absolute atomic E-state index is 0.146. The van der Waals surface area contributed by atoms with Crippen LogP contribution in [0.1, 0.15) is 28.6 Å². The molecule has 2 heterocycles. The Balaban J connectivity index is 1.96. The predicted molar refractivity (Wildman–Crippen MR) is 100 cm³/mol. The number of hydrogen-bond acceptors (Lipinski definition) is 5. The zero-order valence-electron chi connectivity index (χ0n) is 14.3. The van der Waals surface area contributed by atoms with Crippen molar-refractivity contribution in [2.45, 2.75) is 19.8 Å². The molecular weight excluding hydrogens is 377 g/mol. The lowest BCUT2D eigenvalue weighted by atomic mass is 10.0. The number of halogens is 2. The van der Waals surface area contributed by atoms with Gasteiger partial charge >= 0.3 is 5.97 Å². The number of methoxy groups -OCH3 is 1. The number of pyridine rings is 1. The molecule has 3 rings (SSSR count). The van der Waals surface area contributed by atoms with E-state index in [1.165, 1.54) is 0 Å². The second-order valence-corrected chi connectivity index (χ2v) is 6.40. The molecule has 0 amide bonds. The van der Waals surface area contributed by atoms with E-state index >= 15 is 0 Å². The molecule has 136 valence electrons. The van der Waals surface area contributed by atoms with E-state index < -0.39 is 5.97 Å². The van der Waals surface area contributed by atoms with Crippen LogP contribution in [0.15, 0.2) is 35.0 Å². The Kier molecular flexibility index (Phi) is 5.69. The summed E-state index contributed by atoms with van der Waals surface area (Å²) in [4.78, 5) is 16.0. The van der Waals surface area contributed by atoms with E-state index in [9.17, 15) is 4.79 Å². The van der Waals surface area contributed by atoms with Crippen molar-refractivity contribution in [3.8, 4) is 5.75 Å². The Morgan fingerprint density at radius 1 is 1.19 bits per heavy atom. The summed E-state index contributed by atoms with van der Waals surface area (Å²) in [6, 6.07) is 5.43. The van der Waals surface area contributed by atoms with Crippen molar-refractivity contribution >= 4 is 40.1 Å². The third kappa shape index (κ3) is 3.64. The Labute approximate surface area is 160 Å². The molecular formula is C19H17Cl2NO4. The van der Waals surface area contributed by atoms with Gasteiger partial charge in [-0.15, -0.1) is 0 Å². The number of carbonyl (C=O) groups is 1. The summed E-state index contributed by atoms with van der Waals surface area (Å²) in [5.74, 6) is 0.198. The monoisotopic (exact) mass is 393 g/mol. The minimum atomic E-state index is -0.503. The zero-order valence-corrected chi connectivity index (χ0v) is 15.9. The van der Waals surface area contributed by atoms with Crippen LogP contribution in [0, 0.1) is 0 Å². The topological polar surface area (TPSA) is 61.6 Å². The van der Waals surface area contributed by atoms with Gasteiger partial charge in [0, 0.05) is 17.8 Å². The van der Waals surface area contributed by atoms with Gasteiger partial charge in [0.05, 0.1) is 23.8 Å². The lowest BCUT2D eigenvalue weighted by molar-refractivity contribution is 0.0492. The van der Waals surface area contributed by atoms with Crippen LogP contribution in [0.2, 0.25) is 10.0 Å². The van der Waals surface area contributed by atoms with Crippen LogP contribution < -0.4 is 4.74 Å². The smallest absolute Gasteiger partial charge is 0.374 e. The highest BCUT2D eigenvalue weighted by atomic mass is 35.5. The van der Waals surface area contributed by atoms with Crippen molar-refractivity contribution in [3.05, 3.63) is 57.5 Å². The summed E-state index contributed by atoms with van der Waals surface area (Å²) in [7, 11) is 1.55.